The quantitative estimate of drug-likeness (QED) is 0.449. The van der Waals surface area contributed by atoms with E-state index in [9.17, 15) is 9.59 Å². The molecule has 0 rings (SSSR count). The molecule has 0 fully saturated rings. The predicted octanol–water partition coefficient (Wildman–Crippen LogP) is 1.80. The van der Waals surface area contributed by atoms with Gasteiger partial charge in [-0.1, -0.05) is 36.3 Å². The molecular weight excluding hydrogens is 212 g/mol. The van der Waals surface area contributed by atoms with Gasteiger partial charge in [0.15, 0.2) is 0 Å². The van der Waals surface area contributed by atoms with Crippen molar-refractivity contribution in [1.82, 2.24) is 0 Å². The molecule has 0 heterocycles. The number of hydrogen-bond acceptors (Lipinski definition) is 5. The highest BCUT2D eigenvalue weighted by molar-refractivity contribution is 5.81. The van der Waals surface area contributed by atoms with Crippen LogP contribution in [0, 0.1) is 0 Å². The highest BCUT2D eigenvalue weighted by Crippen LogP contribution is 1.81. The second kappa shape index (κ2) is 19.2. The lowest BCUT2D eigenvalue weighted by atomic mass is 10.6. The number of carbonyl (C=O) groups is 2. The fraction of sp³-hybridized carbons (Fsp3) is 0.636. The van der Waals surface area contributed by atoms with E-state index in [1.165, 1.54) is 0 Å². The van der Waals surface area contributed by atoms with Crippen LogP contribution in [0.2, 0.25) is 0 Å². The van der Waals surface area contributed by atoms with Crippen molar-refractivity contribution in [2.75, 3.05) is 19.8 Å². The molecule has 0 atom stereocenters. The highest BCUT2D eigenvalue weighted by atomic mass is 16.6. The lowest BCUT2D eigenvalue weighted by Gasteiger charge is -2.02. The minimum atomic E-state index is -0.746. The van der Waals surface area contributed by atoms with Gasteiger partial charge in [0.25, 0.3) is 0 Å². The van der Waals surface area contributed by atoms with Crippen molar-refractivity contribution in [3.05, 3.63) is 12.7 Å². The van der Waals surface area contributed by atoms with Crippen molar-refractivity contribution in [3.8, 4) is 0 Å². The third-order valence-corrected chi connectivity index (χ3v) is 0.886. The maximum Gasteiger partial charge on any atom is 0.331 e. The molecule has 0 radical (unpaired) electrons. The van der Waals surface area contributed by atoms with E-state index in [-0.39, 0.29) is 42.9 Å². The Hall–Kier alpha value is -1.36. The molecule has 0 aromatic rings. The Kier molecular flexibility index (Phi) is 35.3. The summed E-state index contributed by atoms with van der Waals surface area (Å²) in [5, 5.41) is 8.19. The Morgan fingerprint density at radius 1 is 1.06 bits per heavy atom. The van der Waals surface area contributed by atoms with Crippen LogP contribution < -0.4 is 0 Å². The average Bonchev–Trinajstić information content (AvgIpc) is 2.11. The maximum atomic E-state index is 10.4. The zero-order valence-corrected chi connectivity index (χ0v) is 6.49. The van der Waals surface area contributed by atoms with Crippen molar-refractivity contribution in [2.45, 2.75) is 29.7 Å². The third kappa shape index (κ3) is 18.4. The molecule has 1 N–H and O–H groups in total. The summed E-state index contributed by atoms with van der Waals surface area (Å²) < 4.78 is 8.86. The number of aliphatic hydroxyl groups is 1. The summed E-state index contributed by atoms with van der Waals surface area (Å²) in [6.07, 6.45) is 1.01. The number of carbonyl (C=O) groups excluding carboxylic acids is 2. The van der Waals surface area contributed by atoms with Crippen molar-refractivity contribution in [1.29, 1.82) is 0 Å². The van der Waals surface area contributed by atoms with Gasteiger partial charge in [-0.3, -0.25) is 0 Å². The molecule has 0 spiro atoms. The maximum absolute atomic E-state index is 10.4. The fourth-order valence-corrected chi connectivity index (χ4v) is 0.402. The van der Waals surface area contributed by atoms with Gasteiger partial charge >= 0.3 is 11.9 Å². The molecule has 0 aromatic heterocycles. The van der Waals surface area contributed by atoms with Gasteiger partial charge in [0.1, 0.15) is 19.8 Å². The molecule has 0 saturated heterocycles. The molecule has 5 nitrogen and oxygen atoms in total. The Bertz CT molecular complexity index is 177. The lowest BCUT2D eigenvalue weighted by molar-refractivity contribution is -0.151. The minimum absolute atomic E-state index is 0. The predicted molar refractivity (Wildman–Crippen MR) is 66.1 cm³/mol. The van der Waals surface area contributed by atoms with Gasteiger partial charge in [-0.2, -0.15) is 0 Å². The number of ether oxygens (including phenoxy) is 2. The molecule has 0 bridgehead atoms. The Morgan fingerprint density at radius 3 is 1.88 bits per heavy atom. The van der Waals surface area contributed by atoms with Gasteiger partial charge in [0.2, 0.25) is 0 Å². The molecule has 0 aliphatic heterocycles. The first kappa shape index (κ1) is 29.3. The normalized spacial score (nSPS) is 6.56. The molecule has 0 aliphatic rings. The molecule has 0 unspecified atom stereocenters. The smallest absolute Gasteiger partial charge is 0.331 e. The van der Waals surface area contributed by atoms with Crippen LogP contribution in [-0.4, -0.2) is 36.9 Å². The van der Waals surface area contributed by atoms with Crippen LogP contribution in [0.25, 0.3) is 0 Å². The van der Waals surface area contributed by atoms with Gasteiger partial charge in [-0.15, -0.1) is 0 Å². The average molecular weight is 238 g/mol. The van der Waals surface area contributed by atoms with E-state index >= 15 is 0 Å². The molecule has 16 heavy (non-hydrogen) atoms. The van der Waals surface area contributed by atoms with Gasteiger partial charge in [-0.05, 0) is 0 Å². The van der Waals surface area contributed by atoms with Gasteiger partial charge in [0, 0.05) is 6.08 Å². The van der Waals surface area contributed by atoms with Crippen LogP contribution >= 0.6 is 0 Å². The number of esters is 2. The SMILES string of the molecule is C.C.C.C.C=CC(=O)OCCOC(=O)CO. The summed E-state index contributed by atoms with van der Waals surface area (Å²) in [7, 11) is 0. The summed E-state index contributed by atoms with van der Waals surface area (Å²) in [6, 6.07) is 0. The van der Waals surface area contributed by atoms with Crippen LogP contribution in [0.5, 0.6) is 0 Å². The first-order valence-corrected chi connectivity index (χ1v) is 3.26. The monoisotopic (exact) mass is 238 g/mol. The highest BCUT2D eigenvalue weighted by Gasteiger charge is 1.99. The largest absolute Gasteiger partial charge is 0.460 e. The van der Waals surface area contributed by atoms with Crippen molar-refractivity contribution in [3.63, 3.8) is 0 Å². The molecule has 100 valence electrons. The lowest BCUT2D eigenvalue weighted by Crippen LogP contribution is -2.14. The zero-order valence-electron chi connectivity index (χ0n) is 6.49. The van der Waals surface area contributed by atoms with Crippen molar-refractivity contribution < 1.29 is 24.2 Å². The summed E-state index contributed by atoms with van der Waals surface area (Å²) in [5.41, 5.74) is 0. The molecule has 5 heteroatoms. The second-order valence-electron chi connectivity index (χ2n) is 1.75. The third-order valence-electron chi connectivity index (χ3n) is 0.886. The van der Waals surface area contributed by atoms with E-state index in [2.05, 4.69) is 16.1 Å². The van der Waals surface area contributed by atoms with Crippen LogP contribution in [0.4, 0.5) is 0 Å². The van der Waals surface area contributed by atoms with E-state index in [0.29, 0.717) is 0 Å². The summed E-state index contributed by atoms with van der Waals surface area (Å²) >= 11 is 0. The van der Waals surface area contributed by atoms with Gasteiger partial charge < -0.3 is 14.6 Å². The first-order valence-electron chi connectivity index (χ1n) is 3.26. The number of aliphatic hydroxyl groups excluding tert-OH is 1. The first-order chi connectivity index (χ1) is 5.70. The molecule has 0 aromatic carbocycles. The molecular formula is C11H26O5. The standard InChI is InChI=1S/C7H10O5.4CH4/c1-2-6(9)11-3-4-12-7(10)5-8;;;;/h2,8H,1,3-5H2;4*1H4. The van der Waals surface area contributed by atoms with E-state index in [1.54, 1.807) is 0 Å². The van der Waals surface area contributed by atoms with Crippen molar-refractivity contribution >= 4 is 11.9 Å². The minimum Gasteiger partial charge on any atom is -0.460 e. The topological polar surface area (TPSA) is 72.8 Å². The van der Waals surface area contributed by atoms with Gasteiger partial charge in [0.05, 0.1) is 0 Å². The van der Waals surface area contributed by atoms with Crippen LogP contribution in [0.15, 0.2) is 12.7 Å². The van der Waals surface area contributed by atoms with E-state index in [0.717, 1.165) is 6.08 Å². The molecule has 0 aliphatic carbocycles. The van der Waals surface area contributed by atoms with E-state index in [4.69, 9.17) is 5.11 Å². The number of hydrogen-bond donors (Lipinski definition) is 1. The zero-order chi connectivity index (χ0) is 9.40. The van der Waals surface area contributed by atoms with E-state index < -0.39 is 18.5 Å². The Balaban J connectivity index is -0.000000101. The Morgan fingerprint density at radius 2 is 1.50 bits per heavy atom. The Labute approximate surface area is 99.1 Å². The van der Waals surface area contributed by atoms with Crippen LogP contribution in [0.3, 0.4) is 0 Å². The molecule has 0 amide bonds. The summed E-state index contributed by atoms with van der Waals surface area (Å²) in [6.45, 7) is 2.41. The van der Waals surface area contributed by atoms with Crippen LogP contribution in [-0.2, 0) is 19.1 Å². The van der Waals surface area contributed by atoms with Crippen molar-refractivity contribution in [2.24, 2.45) is 0 Å². The summed E-state index contributed by atoms with van der Waals surface area (Å²) in [5.74, 6) is -1.32. The van der Waals surface area contributed by atoms with Gasteiger partial charge in [-0.25, -0.2) is 9.59 Å². The summed E-state index contributed by atoms with van der Waals surface area (Å²) in [4.78, 5) is 20.7. The second-order valence-corrected chi connectivity index (χ2v) is 1.75. The van der Waals surface area contributed by atoms with E-state index in [1.807, 2.05) is 0 Å². The molecule has 0 saturated carbocycles. The number of rotatable bonds is 5. The fourth-order valence-electron chi connectivity index (χ4n) is 0.402. The van der Waals surface area contributed by atoms with Crippen LogP contribution in [0.1, 0.15) is 29.7 Å².